The number of hydrogen-bond donors (Lipinski definition) is 1. The third-order valence-corrected chi connectivity index (χ3v) is 4.61. The standard InChI is InChI=1S/C13H24N4S/c1-13(2,3)11-15-12(18-16-11)17(4)10-7-5-6-9(10)8-14/h9-10H,5-8,14H2,1-4H3. The fraction of sp³-hybridized carbons (Fsp3) is 0.846. The van der Waals surface area contributed by atoms with E-state index in [1.165, 1.54) is 30.8 Å². The molecule has 1 aromatic heterocycles. The summed E-state index contributed by atoms with van der Waals surface area (Å²) in [5.74, 6) is 1.55. The van der Waals surface area contributed by atoms with Crippen LogP contribution >= 0.6 is 11.5 Å². The van der Waals surface area contributed by atoms with Crippen LogP contribution in [0.2, 0.25) is 0 Å². The van der Waals surface area contributed by atoms with Crippen molar-refractivity contribution in [2.24, 2.45) is 11.7 Å². The number of anilines is 1. The van der Waals surface area contributed by atoms with Gasteiger partial charge in [-0.1, -0.05) is 27.2 Å². The molecule has 0 bridgehead atoms. The highest BCUT2D eigenvalue weighted by atomic mass is 32.1. The number of rotatable bonds is 3. The molecule has 1 fully saturated rings. The highest BCUT2D eigenvalue weighted by Gasteiger charge is 2.31. The zero-order valence-electron chi connectivity index (χ0n) is 11.8. The molecule has 2 N–H and O–H groups in total. The molecule has 0 spiro atoms. The fourth-order valence-electron chi connectivity index (χ4n) is 2.61. The van der Waals surface area contributed by atoms with Gasteiger partial charge in [0.15, 0.2) is 0 Å². The average molecular weight is 268 g/mol. The van der Waals surface area contributed by atoms with E-state index in [-0.39, 0.29) is 5.41 Å². The van der Waals surface area contributed by atoms with Crippen LogP contribution in [0.5, 0.6) is 0 Å². The van der Waals surface area contributed by atoms with Crippen molar-refractivity contribution >= 4 is 16.7 Å². The van der Waals surface area contributed by atoms with Gasteiger partial charge in [0.1, 0.15) is 5.82 Å². The van der Waals surface area contributed by atoms with Crippen LogP contribution in [0.1, 0.15) is 45.9 Å². The zero-order valence-corrected chi connectivity index (χ0v) is 12.6. The van der Waals surface area contributed by atoms with Crippen molar-refractivity contribution in [1.29, 1.82) is 0 Å². The summed E-state index contributed by atoms with van der Waals surface area (Å²) in [4.78, 5) is 6.98. The lowest BCUT2D eigenvalue weighted by molar-refractivity contribution is 0.472. The van der Waals surface area contributed by atoms with Gasteiger partial charge in [-0.05, 0) is 25.3 Å². The van der Waals surface area contributed by atoms with Crippen molar-refractivity contribution < 1.29 is 0 Å². The molecule has 18 heavy (non-hydrogen) atoms. The Kier molecular flexibility index (Phi) is 3.92. The molecule has 1 saturated carbocycles. The molecule has 0 aromatic carbocycles. The highest BCUT2D eigenvalue weighted by Crippen LogP contribution is 2.33. The van der Waals surface area contributed by atoms with E-state index in [1.807, 2.05) is 0 Å². The lowest BCUT2D eigenvalue weighted by atomic mass is 9.96. The maximum absolute atomic E-state index is 5.86. The maximum Gasteiger partial charge on any atom is 0.205 e. The summed E-state index contributed by atoms with van der Waals surface area (Å²) in [5, 5.41) is 1.03. The van der Waals surface area contributed by atoms with Crippen LogP contribution in [0.15, 0.2) is 0 Å². The first-order valence-electron chi connectivity index (χ1n) is 6.70. The third-order valence-electron chi connectivity index (χ3n) is 3.81. The second kappa shape index (κ2) is 5.13. The van der Waals surface area contributed by atoms with Crippen LogP contribution < -0.4 is 10.6 Å². The van der Waals surface area contributed by atoms with Gasteiger partial charge in [0.2, 0.25) is 5.13 Å². The molecule has 2 atom stereocenters. The Bertz CT molecular complexity index is 396. The Labute approximate surface area is 114 Å². The minimum atomic E-state index is 0.0263. The molecular formula is C13H24N4S. The van der Waals surface area contributed by atoms with Gasteiger partial charge < -0.3 is 10.6 Å². The first-order valence-corrected chi connectivity index (χ1v) is 7.48. The van der Waals surface area contributed by atoms with Crippen LogP contribution in [0, 0.1) is 5.92 Å². The SMILES string of the molecule is CN(c1nc(C(C)(C)C)ns1)C1CCCC1CN. The van der Waals surface area contributed by atoms with Gasteiger partial charge in [0.25, 0.3) is 0 Å². The van der Waals surface area contributed by atoms with Crippen molar-refractivity contribution in [3.63, 3.8) is 0 Å². The molecule has 0 saturated heterocycles. The van der Waals surface area contributed by atoms with E-state index in [2.05, 4.69) is 42.1 Å². The van der Waals surface area contributed by atoms with Crippen molar-refractivity contribution in [3.05, 3.63) is 5.82 Å². The van der Waals surface area contributed by atoms with Crippen molar-refractivity contribution in [2.75, 3.05) is 18.5 Å². The summed E-state index contributed by atoms with van der Waals surface area (Å²) < 4.78 is 4.49. The number of hydrogen-bond acceptors (Lipinski definition) is 5. The summed E-state index contributed by atoms with van der Waals surface area (Å²) in [6.45, 7) is 7.23. The zero-order chi connectivity index (χ0) is 13.3. The van der Waals surface area contributed by atoms with Crippen LogP contribution in [-0.2, 0) is 5.41 Å². The monoisotopic (exact) mass is 268 g/mol. The van der Waals surface area contributed by atoms with Crippen LogP contribution in [0.4, 0.5) is 5.13 Å². The van der Waals surface area contributed by atoms with Gasteiger partial charge in [0.05, 0.1) is 0 Å². The average Bonchev–Trinajstić information content (AvgIpc) is 2.96. The van der Waals surface area contributed by atoms with Crippen LogP contribution in [0.25, 0.3) is 0 Å². The van der Waals surface area contributed by atoms with E-state index in [4.69, 9.17) is 5.73 Å². The Hall–Kier alpha value is -0.680. The molecule has 2 unspecified atom stereocenters. The lowest BCUT2D eigenvalue weighted by Gasteiger charge is -2.28. The van der Waals surface area contributed by atoms with E-state index in [1.54, 1.807) is 0 Å². The normalized spacial score (nSPS) is 24.5. The van der Waals surface area contributed by atoms with Gasteiger partial charge in [-0.25, -0.2) is 4.98 Å². The van der Waals surface area contributed by atoms with Crippen LogP contribution in [0.3, 0.4) is 0 Å². The molecule has 4 nitrogen and oxygen atoms in total. The second-order valence-electron chi connectivity index (χ2n) is 6.26. The molecule has 102 valence electrons. The Balaban J connectivity index is 2.14. The summed E-state index contributed by atoms with van der Waals surface area (Å²) in [7, 11) is 2.13. The van der Waals surface area contributed by atoms with Gasteiger partial charge in [-0.3, -0.25) is 0 Å². The first kappa shape index (κ1) is 13.7. The van der Waals surface area contributed by atoms with E-state index in [0.717, 1.165) is 17.5 Å². The topological polar surface area (TPSA) is 55.0 Å². The van der Waals surface area contributed by atoms with Gasteiger partial charge >= 0.3 is 0 Å². The first-order chi connectivity index (χ1) is 8.43. The molecule has 0 radical (unpaired) electrons. The van der Waals surface area contributed by atoms with E-state index >= 15 is 0 Å². The minimum Gasteiger partial charge on any atom is -0.347 e. The highest BCUT2D eigenvalue weighted by molar-refractivity contribution is 7.09. The molecule has 0 amide bonds. The summed E-state index contributed by atoms with van der Waals surface area (Å²) >= 11 is 1.51. The quantitative estimate of drug-likeness (QED) is 0.914. The van der Waals surface area contributed by atoms with Crippen molar-refractivity contribution in [3.8, 4) is 0 Å². The molecular weight excluding hydrogens is 244 g/mol. The van der Waals surface area contributed by atoms with E-state index in [9.17, 15) is 0 Å². The summed E-state index contributed by atoms with van der Waals surface area (Å²) in [6, 6.07) is 0.538. The van der Waals surface area contributed by atoms with Gasteiger partial charge in [-0.2, -0.15) is 4.37 Å². The second-order valence-corrected chi connectivity index (χ2v) is 6.99. The lowest BCUT2D eigenvalue weighted by Crippen LogP contribution is -2.37. The number of nitrogens with two attached hydrogens (primary N) is 1. The summed E-state index contributed by atoms with van der Waals surface area (Å²) in [5.41, 5.74) is 5.88. The maximum atomic E-state index is 5.86. The van der Waals surface area contributed by atoms with E-state index in [0.29, 0.717) is 12.0 Å². The van der Waals surface area contributed by atoms with Gasteiger partial charge in [0, 0.05) is 30.0 Å². The Morgan fingerprint density at radius 3 is 2.67 bits per heavy atom. The minimum absolute atomic E-state index is 0.0263. The van der Waals surface area contributed by atoms with Crippen LogP contribution in [-0.4, -0.2) is 29.0 Å². The largest absolute Gasteiger partial charge is 0.347 e. The molecule has 1 heterocycles. The number of nitrogens with zero attached hydrogens (tertiary/aromatic N) is 3. The molecule has 1 aromatic rings. The summed E-state index contributed by atoms with van der Waals surface area (Å²) in [6.07, 6.45) is 3.75. The Morgan fingerprint density at radius 2 is 2.11 bits per heavy atom. The number of aromatic nitrogens is 2. The molecule has 1 aliphatic rings. The fourth-order valence-corrected chi connectivity index (χ4v) is 3.48. The smallest absolute Gasteiger partial charge is 0.205 e. The predicted octanol–water partition coefficient (Wildman–Crippen LogP) is 2.40. The molecule has 0 aliphatic heterocycles. The van der Waals surface area contributed by atoms with Crippen molar-refractivity contribution in [1.82, 2.24) is 9.36 Å². The van der Waals surface area contributed by atoms with E-state index < -0.39 is 0 Å². The Morgan fingerprint density at radius 1 is 1.39 bits per heavy atom. The predicted molar refractivity (Wildman–Crippen MR) is 77.2 cm³/mol. The van der Waals surface area contributed by atoms with Crippen molar-refractivity contribution in [2.45, 2.75) is 51.5 Å². The molecule has 5 heteroatoms. The third kappa shape index (κ3) is 2.67. The molecule has 1 aliphatic carbocycles. The molecule has 2 rings (SSSR count). The van der Waals surface area contributed by atoms with Gasteiger partial charge in [-0.15, -0.1) is 0 Å².